The van der Waals surface area contributed by atoms with Gasteiger partial charge in [-0.1, -0.05) is 178 Å². The van der Waals surface area contributed by atoms with Crippen LogP contribution in [0.25, 0.3) is 77.2 Å². The molecule has 0 bridgehead atoms. The first-order chi connectivity index (χ1) is 28.0. The van der Waals surface area contributed by atoms with E-state index in [0.29, 0.717) is 0 Å². The van der Waals surface area contributed by atoms with Crippen molar-refractivity contribution in [1.82, 2.24) is 0 Å². The highest BCUT2D eigenvalue weighted by Gasteiger charge is 2.37. The van der Waals surface area contributed by atoms with Gasteiger partial charge >= 0.3 is 0 Å². The first-order valence-electron chi connectivity index (χ1n) is 19.8. The lowest BCUT2D eigenvalue weighted by Crippen LogP contribution is -2.14. The molecule has 0 aliphatic heterocycles. The third kappa shape index (κ3) is 5.33. The van der Waals surface area contributed by atoms with E-state index in [9.17, 15) is 0 Å². The molecule has 0 spiro atoms. The highest BCUT2D eigenvalue weighted by Crippen LogP contribution is 2.53. The lowest BCUT2D eigenvalue weighted by molar-refractivity contribution is 0.653. The molecule has 0 N–H and O–H groups in total. The molecule has 0 atom stereocenters. The third-order valence-electron chi connectivity index (χ3n) is 12.1. The zero-order valence-electron chi connectivity index (χ0n) is 31.9. The largest absolute Gasteiger partial charge is 0.455 e. The molecule has 270 valence electrons. The lowest BCUT2D eigenvalue weighted by Gasteiger charge is -2.26. The maximum atomic E-state index is 6.96. The Morgan fingerprint density at radius 1 is 0.351 bits per heavy atom. The summed E-state index contributed by atoms with van der Waals surface area (Å²) in [5.74, 6) is 0. The second-order valence-electron chi connectivity index (χ2n) is 15.7. The summed E-state index contributed by atoms with van der Waals surface area (Å²) < 4.78 is 6.96. The van der Waals surface area contributed by atoms with Crippen molar-refractivity contribution in [3.63, 3.8) is 0 Å². The maximum absolute atomic E-state index is 6.96. The Morgan fingerprint density at radius 2 is 0.860 bits per heavy atom. The van der Waals surface area contributed by atoms with E-state index in [-0.39, 0.29) is 5.41 Å². The normalized spacial score (nSPS) is 12.9. The fourth-order valence-corrected chi connectivity index (χ4v) is 9.21. The molecule has 0 fully saturated rings. The summed E-state index contributed by atoms with van der Waals surface area (Å²) in [4.78, 5) is 2.34. The van der Waals surface area contributed by atoms with Crippen molar-refractivity contribution in [2.75, 3.05) is 4.90 Å². The van der Waals surface area contributed by atoms with Crippen molar-refractivity contribution in [1.29, 1.82) is 0 Å². The molecule has 1 aromatic heterocycles. The topological polar surface area (TPSA) is 16.4 Å². The number of nitrogens with zero attached hydrogens (tertiary/aromatic N) is 1. The van der Waals surface area contributed by atoms with E-state index < -0.39 is 0 Å². The second-order valence-corrected chi connectivity index (χ2v) is 15.7. The van der Waals surface area contributed by atoms with Crippen LogP contribution in [-0.4, -0.2) is 0 Å². The van der Waals surface area contributed by atoms with Gasteiger partial charge in [-0.05, 0) is 91.7 Å². The van der Waals surface area contributed by atoms with Gasteiger partial charge in [0.25, 0.3) is 0 Å². The zero-order chi connectivity index (χ0) is 38.1. The third-order valence-corrected chi connectivity index (χ3v) is 12.1. The fraction of sp³-hybridized carbons (Fsp3) is 0.0545. The van der Waals surface area contributed by atoms with Crippen LogP contribution in [0.2, 0.25) is 0 Å². The molecule has 0 amide bonds. The summed E-state index contributed by atoms with van der Waals surface area (Å²) in [6.07, 6.45) is 0. The van der Waals surface area contributed by atoms with E-state index in [1.165, 1.54) is 55.3 Å². The minimum absolute atomic E-state index is 0.0816. The molecule has 1 aliphatic rings. The monoisotopic (exact) mass is 729 g/mol. The van der Waals surface area contributed by atoms with Gasteiger partial charge in [0, 0.05) is 44.4 Å². The molecule has 57 heavy (non-hydrogen) atoms. The van der Waals surface area contributed by atoms with Crippen LogP contribution in [0.3, 0.4) is 0 Å². The number of rotatable bonds is 6. The predicted molar refractivity (Wildman–Crippen MR) is 240 cm³/mol. The fourth-order valence-electron chi connectivity index (χ4n) is 9.21. The Labute approximate surface area is 332 Å². The van der Waals surface area contributed by atoms with Gasteiger partial charge in [0.05, 0.1) is 0 Å². The van der Waals surface area contributed by atoms with Crippen molar-refractivity contribution in [2.45, 2.75) is 19.3 Å². The zero-order valence-corrected chi connectivity index (χ0v) is 31.9. The first kappa shape index (κ1) is 33.2. The summed E-state index contributed by atoms with van der Waals surface area (Å²) in [6.45, 7) is 4.64. The molecule has 11 rings (SSSR count). The number of anilines is 3. The summed E-state index contributed by atoms with van der Waals surface area (Å²) in [6, 6.07) is 72.4. The molecule has 0 unspecified atom stereocenters. The van der Waals surface area contributed by atoms with Crippen LogP contribution < -0.4 is 4.90 Å². The van der Waals surface area contributed by atoms with E-state index in [1.54, 1.807) is 0 Å². The van der Waals surface area contributed by atoms with Crippen LogP contribution in [0.5, 0.6) is 0 Å². The van der Waals surface area contributed by atoms with Crippen LogP contribution in [-0.2, 0) is 5.41 Å². The molecule has 2 heteroatoms. The molecular formula is C55H39NO. The van der Waals surface area contributed by atoms with Gasteiger partial charge in [-0.15, -0.1) is 0 Å². The average molecular weight is 730 g/mol. The Balaban J connectivity index is 1.00. The molecule has 0 saturated carbocycles. The second kappa shape index (κ2) is 13.0. The number of hydrogen-bond acceptors (Lipinski definition) is 2. The van der Waals surface area contributed by atoms with E-state index >= 15 is 0 Å². The molecule has 10 aromatic rings. The highest BCUT2D eigenvalue weighted by molar-refractivity contribution is 6.14. The summed E-state index contributed by atoms with van der Waals surface area (Å²) in [7, 11) is 0. The van der Waals surface area contributed by atoms with Gasteiger partial charge in [0.2, 0.25) is 0 Å². The van der Waals surface area contributed by atoms with Gasteiger partial charge < -0.3 is 9.32 Å². The Kier molecular flexibility index (Phi) is 7.55. The number of hydrogen-bond donors (Lipinski definition) is 0. The van der Waals surface area contributed by atoms with Gasteiger partial charge in [0.15, 0.2) is 0 Å². The van der Waals surface area contributed by atoms with Crippen molar-refractivity contribution in [2.24, 2.45) is 0 Å². The Bertz CT molecular complexity index is 3110. The van der Waals surface area contributed by atoms with Crippen LogP contribution in [0.15, 0.2) is 205 Å². The molecule has 1 aliphatic carbocycles. The predicted octanol–water partition coefficient (Wildman–Crippen LogP) is 15.5. The van der Waals surface area contributed by atoms with Gasteiger partial charge in [0.1, 0.15) is 11.2 Å². The van der Waals surface area contributed by atoms with E-state index in [2.05, 4.69) is 219 Å². The molecule has 0 saturated heterocycles. The SMILES string of the molecule is CC1(C)c2ccccc2-c2c1ccc1c2oc2c(-c3ccc(N(c4ccc(-c5ccccc5)cc4)c4ccc(-c5cccc6ccccc56)cc4)cc3)cccc21. The van der Waals surface area contributed by atoms with Gasteiger partial charge in [-0.2, -0.15) is 0 Å². The number of furan rings is 1. The van der Waals surface area contributed by atoms with E-state index in [1.807, 2.05) is 0 Å². The van der Waals surface area contributed by atoms with Crippen molar-refractivity contribution < 1.29 is 4.42 Å². The minimum Gasteiger partial charge on any atom is -0.455 e. The Morgan fingerprint density at radius 3 is 1.60 bits per heavy atom. The highest BCUT2D eigenvalue weighted by atomic mass is 16.3. The summed E-state index contributed by atoms with van der Waals surface area (Å²) >= 11 is 0. The number of para-hydroxylation sites is 1. The standard InChI is InChI=1S/C55H39NO/c1-55(2)50-21-9-8-17-49(50)52-51(55)35-34-48-47-20-11-19-46(53(47)57-54(48)52)40-26-32-43(33-27-40)56(41-28-22-37(23-29-41)36-12-4-3-5-13-36)42-30-24-39(25-31-42)45-18-10-15-38-14-6-7-16-44(38)45/h3-35H,1-2H3. The average Bonchev–Trinajstić information content (AvgIpc) is 3.77. The van der Waals surface area contributed by atoms with Crippen LogP contribution in [0.4, 0.5) is 17.1 Å². The minimum atomic E-state index is -0.0816. The van der Waals surface area contributed by atoms with Crippen LogP contribution in [0.1, 0.15) is 25.0 Å². The molecule has 9 aromatic carbocycles. The first-order valence-corrected chi connectivity index (χ1v) is 19.8. The maximum Gasteiger partial charge on any atom is 0.143 e. The van der Waals surface area contributed by atoms with Crippen molar-refractivity contribution in [3.8, 4) is 44.5 Å². The van der Waals surface area contributed by atoms with Crippen LogP contribution in [0, 0.1) is 0 Å². The summed E-state index contributed by atoms with van der Waals surface area (Å²) in [5, 5.41) is 4.81. The molecular weight excluding hydrogens is 691 g/mol. The van der Waals surface area contributed by atoms with E-state index in [0.717, 1.165) is 50.1 Å². The number of fused-ring (bicyclic) bond motifs is 8. The number of benzene rings is 9. The van der Waals surface area contributed by atoms with Gasteiger partial charge in [-0.25, -0.2) is 0 Å². The van der Waals surface area contributed by atoms with E-state index in [4.69, 9.17) is 4.42 Å². The summed E-state index contributed by atoms with van der Waals surface area (Å²) in [5.41, 5.74) is 17.3. The molecule has 1 heterocycles. The quantitative estimate of drug-likeness (QED) is 0.169. The smallest absolute Gasteiger partial charge is 0.143 e. The molecule has 2 nitrogen and oxygen atoms in total. The van der Waals surface area contributed by atoms with Crippen molar-refractivity contribution >= 4 is 49.8 Å². The van der Waals surface area contributed by atoms with Crippen molar-refractivity contribution in [3.05, 3.63) is 211 Å². The Hall–Kier alpha value is -7.16. The van der Waals surface area contributed by atoms with Crippen LogP contribution >= 0.6 is 0 Å². The molecule has 0 radical (unpaired) electrons. The lowest BCUT2D eigenvalue weighted by atomic mass is 9.82. The van der Waals surface area contributed by atoms with Gasteiger partial charge in [-0.3, -0.25) is 0 Å².